The first-order valence-electron chi connectivity index (χ1n) is 44.1. The fourth-order valence-corrected chi connectivity index (χ4v) is 13.9. The second kappa shape index (κ2) is 51.9. The van der Waals surface area contributed by atoms with Gasteiger partial charge >= 0.3 is 18.0 Å². The van der Waals surface area contributed by atoms with Crippen molar-refractivity contribution in [1.29, 1.82) is 0 Å². The summed E-state index contributed by atoms with van der Waals surface area (Å²) >= 11 is 0. The van der Waals surface area contributed by atoms with Crippen molar-refractivity contribution < 1.29 is 111 Å². The third kappa shape index (κ3) is 28.7. The van der Waals surface area contributed by atoms with Gasteiger partial charge in [0.25, 0.3) is 0 Å². The van der Waals surface area contributed by atoms with E-state index < -0.39 is 0 Å². The smallest absolute Gasteiger partial charge is 0.331 e. The zero-order valence-electron chi connectivity index (χ0n) is 76.2. The Balaban J connectivity index is 0.000000188. The molecule has 27 nitrogen and oxygen atoms in total. The molecule has 15 aromatic carbocycles. The number of phenolic OH excluding ortho intramolecular Hbond substituents is 9. The Kier molecular flexibility index (Phi) is 37.2. The quantitative estimate of drug-likeness (QED) is 0.0170. The minimum absolute atomic E-state index is 0. The number of nitrogens with zero attached hydrogens (tertiary/aromatic N) is 15. The van der Waals surface area contributed by atoms with Gasteiger partial charge < -0.3 is 60.2 Å². The van der Waals surface area contributed by atoms with Crippen molar-refractivity contribution in [2.24, 2.45) is 44.9 Å². The number of rotatable bonds is 27. The second-order valence-corrected chi connectivity index (χ2v) is 30.9. The fourth-order valence-electron chi connectivity index (χ4n) is 13.9. The Labute approximate surface area is 858 Å². The summed E-state index contributed by atoms with van der Waals surface area (Å²) in [6.07, 6.45) is 19.8. The van der Waals surface area contributed by atoms with Crippen LogP contribution in [0, 0.1) is 0 Å². The van der Waals surface area contributed by atoms with E-state index in [-0.39, 0.29) is 121 Å². The van der Waals surface area contributed by atoms with Gasteiger partial charge in [-0.3, -0.25) is 59.9 Å². The molecule has 0 saturated heterocycles. The van der Waals surface area contributed by atoms with Gasteiger partial charge in [-0.05, 0) is 252 Å². The molecule has 0 amide bonds. The number of aliphatic imine (C=N–C) groups is 9. The number of aromatic nitrogens is 6. The Hall–Kier alpha value is -18.3. The Bertz CT molecular complexity index is 6950. The molecule has 0 fully saturated rings. The molecule has 19 aromatic rings. The van der Waals surface area contributed by atoms with Crippen LogP contribution in [0.4, 0.5) is 34.1 Å². The van der Waals surface area contributed by atoms with Gasteiger partial charge in [0.1, 0.15) is 85.5 Å². The molecule has 0 aliphatic carbocycles. The second-order valence-electron chi connectivity index (χ2n) is 30.9. The molecule has 19 rings (SSSR count). The molecule has 9 N–H and O–H groups in total. The molecule has 4 heterocycles. The van der Waals surface area contributed by atoms with E-state index in [9.17, 15) is 46.0 Å². The molecule has 30 heteroatoms. The standard InChI is InChI=1S/C54H39N9O6.3C20H16N2O2.3Fe/c64-46-22-13-37(43-4-1-25-58-49(43)46)31-55-28-34-7-16-40(17-8-34)67-52-61-53(68-41-18-9-35(10-19-41)29-56-32-38-14-23-47(65)50-44(38)5-2-26-59-50)63-54(62-52)69-42-20-11-36(12-21-42)30-57-33-39-15-24-48(66)51-45(39)6-3-27-60-51;3*23-19-11-5-1-7-15(19)13-21-17-9-3-4-10-18(17)22-14-16-8-2-6-12-20(16)24;;;/h1-30,64-66H,31-33H2;3*1-14,23-24H;;;. The van der Waals surface area contributed by atoms with Gasteiger partial charge in [-0.2, -0.15) is 0 Å². The zero-order chi connectivity index (χ0) is 97.3. The molecule has 0 saturated carbocycles. The molecule has 0 aliphatic heterocycles. The summed E-state index contributed by atoms with van der Waals surface area (Å²) in [6, 6.07) is 107. The summed E-state index contributed by atoms with van der Waals surface area (Å²) in [5.41, 5.74) is 14.8. The Morgan fingerprint density at radius 3 is 0.611 bits per heavy atom. The number of phenols is 9. The van der Waals surface area contributed by atoms with Gasteiger partial charge in [0.2, 0.25) is 0 Å². The van der Waals surface area contributed by atoms with Crippen LogP contribution in [0.15, 0.2) is 428 Å². The first kappa shape index (κ1) is 103. The minimum Gasteiger partial charge on any atom is -0.507 e. The molecule has 144 heavy (non-hydrogen) atoms. The molecular formula is C114H87Fe3N15O12. The van der Waals surface area contributed by atoms with Crippen LogP contribution in [0.2, 0.25) is 0 Å². The van der Waals surface area contributed by atoms with E-state index in [1.165, 1.54) is 0 Å². The summed E-state index contributed by atoms with van der Waals surface area (Å²) in [5.74, 6) is 2.80. The Morgan fingerprint density at radius 1 is 0.201 bits per heavy atom. The van der Waals surface area contributed by atoms with Crippen LogP contribution in [0.3, 0.4) is 0 Å². The Morgan fingerprint density at radius 2 is 0.403 bits per heavy atom. The molecule has 4 aromatic heterocycles. The van der Waals surface area contributed by atoms with Gasteiger partial charge in [0.05, 0.1) is 53.8 Å². The maximum absolute atomic E-state index is 10.2. The molecular weight excluding hydrogens is 1940 g/mol. The molecule has 0 unspecified atom stereocenters. The van der Waals surface area contributed by atoms with Gasteiger partial charge in [0.15, 0.2) is 0 Å². The van der Waals surface area contributed by atoms with Crippen LogP contribution in [0.25, 0.3) is 32.7 Å². The minimum atomic E-state index is -0.0642. The number of ether oxygens (including phenoxy) is 3. The van der Waals surface area contributed by atoms with E-state index in [2.05, 4.69) is 74.8 Å². The number of para-hydroxylation sites is 12. The molecule has 0 radical (unpaired) electrons. The number of pyridine rings is 3. The van der Waals surface area contributed by atoms with Gasteiger partial charge in [-0.15, -0.1) is 15.0 Å². The summed E-state index contributed by atoms with van der Waals surface area (Å²) in [6.45, 7) is 1.20. The summed E-state index contributed by atoms with van der Waals surface area (Å²) in [4.78, 5) is 66.6. The third-order valence-corrected chi connectivity index (χ3v) is 21.2. The van der Waals surface area contributed by atoms with Crippen molar-refractivity contribution in [1.82, 2.24) is 29.9 Å². The van der Waals surface area contributed by atoms with E-state index in [1.807, 2.05) is 200 Å². The van der Waals surface area contributed by atoms with Gasteiger partial charge in [-0.1, -0.05) is 146 Å². The van der Waals surface area contributed by atoms with Crippen LogP contribution in [0.1, 0.15) is 66.8 Å². The van der Waals surface area contributed by atoms with E-state index in [0.717, 1.165) is 49.5 Å². The fraction of sp³-hybridized carbons (Fsp3) is 0.0263. The summed E-state index contributed by atoms with van der Waals surface area (Å²) in [7, 11) is 0. The number of aromatic hydroxyl groups is 9. The number of hydrogen-bond donors (Lipinski definition) is 9. The number of hydrogen-bond acceptors (Lipinski definition) is 27. The SMILES string of the molecule is Oc1ccc(CN=Cc2ccc(Oc3nc(Oc4ccc(C=NCc5ccc(O)c6ncccc56)cc4)nc(Oc4ccc(C=NCc5ccc(O)c6ncccc56)cc4)n3)cc2)c2cccnc12.Oc1ccccc1C=Nc1ccccc1N=Cc1ccccc1O.Oc1ccccc1C=Nc1ccccc1N=Cc1ccccc1O.Oc1ccccc1C=Nc1ccccc1N=Cc1ccccc1O.[Fe].[Fe].[Fe]. The van der Waals surface area contributed by atoms with Crippen molar-refractivity contribution in [2.45, 2.75) is 19.6 Å². The largest absolute Gasteiger partial charge is 0.507 e. The van der Waals surface area contributed by atoms with Crippen molar-refractivity contribution in [3.8, 4) is 87.0 Å². The van der Waals surface area contributed by atoms with Crippen molar-refractivity contribution in [3.05, 3.63) is 449 Å². The van der Waals surface area contributed by atoms with Crippen LogP contribution < -0.4 is 14.2 Å². The van der Waals surface area contributed by atoms with E-state index in [0.29, 0.717) is 121 Å². The van der Waals surface area contributed by atoms with Gasteiger partial charge in [0, 0.05) is 175 Å². The predicted octanol–water partition coefficient (Wildman–Crippen LogP) is 24.7. The van der Waals surface area contributed by atoms with E-state index in [4.69, 9.17) is 14.2 Å². The van der Waals surface area contributed by atoms with Crippen molar-refractivity contribution >= 4 is 123 Å². The van der Waals surface area contributed by atoms with E-state index >= 15 is 0 Å². The van der Waals surface area contributed by atoms with E-state index in [1.54, 1.807) is 238 Å². The molecule has 0 spiro atoms. The maximum atomic E-state index is 10.2. The first-order valence-corrected chi connectivity index (χ1v) is 44.1. The monoisotopic (exact) mass is 2030 g/mol. The average molecular weight is 2030 g/mol. The third-order valence-electron chi connectivity index (χ3n) is 21.2. The predicted molar refractivity (Wildman–Crippen MR) is 555 cm³/mol. The normalized spacial score (nSPS) is 11.2. The summed E-state index contributed by atoms with van der Waals surface area (Å²) in [5, 5.41) is 91.9. The number of fused-ring (bicyclic) bond motifs is 3. The number of benzene rings is 15. The van der Waals surface area contributed by atoms with Crippen molar-refractivity contribution in [2.75, 3.05) is 0 Å². The average Bonchev–Trinajstić information content (AvgIpc) is 0.823. The van der Waals surface area contributed by atoms with Crippen LogP contribution >= 0.6 is 0 Å². The van der Waals surface area contributed by atoms with Gasteiger partial charge in [-0.25, -0.2) is 0 Å². The van der Waals surface area contributed by atoms with Crippen LogP contribution in [0.5, 0.6) is 87.0 Å². The molecule has 714 valence electrons. The first-order chi connectivity index (χ1) is 69.1. The van der Waals surface area contributed by atoms with Crippen molar-refractivity contribution in [3.63, 3.8) is 0 Å². The van der Waals surface area contributed by atoms with Crippen LogP contribution in [-0.2, 0) is 70.8 Å². The van der Waals surface area contributed by atoms with Crippen LogP contribution in [-0.4, -0.2) is 132 Å². The molecule has 0 aliphatic rings. The zero-order valence-corrected chi connectivity index (χ0v) is 79.5. The molecule has 0 bridgehead atoms. The summed E-state index contributed by atoms with van der Waals surface area (Å²) < 4.78 is 18.4. The maximum Gasteiger partial charge on any atom is 0.331 e. The topological polar surface area (TPSA) is 398 Å². The molecule has 0 atom stereocenters.